The molecule has 2 aromatic carbocycles. The third kappa shape index (κ3) is 6.15. The van der Waals surface area contributed by atoms with Crippen molar-refractivity contribution < 1.29 is 14.6 Å². The van der Waals surface area contributed by atoms with Crippen molar-refractivity contribution in [2.45, 2.75) is 90.1 Å². The maximum Gasteiger partial charge on any atom is 0.227 e. The first-order chi connectivity index (χ1) is 15.6. The van der Waals surface area contributed by atoms with Crippen LogP contribution in [-0.4, -0.2) is 34.8 Å². The van der Waals surface area contributed by atoms with Crippen molar-refractivity contribution in [1.82, 2.24) is 10.2 Å². The van der Waals surface area contributed by atoms with Crippen molar-refractivity contribution in [2.24, 2.45) is 0 Å². The van der Waals surface area contributed by atoms with Crippen molar-refractivity contribution in [3.63, 3.8) is 0 Å². The molecule has 1 amide bonds. The van der Waals surface area contributed by atoms with E-state index in [1.165, 1.54) is 5.56 Å². The highest BCUT2D eigenvalue weighted by Crippen LogP contribution is 2.37. The smallest absolute Gasteiger partial charge is 0.227 e. The third-order valence-electron chi connectivity index (χ3n) is 6.83. The average Bonchev–Trinajstić information content (AvgIpc) is 3.21. The number of rotatable bonds is 8. The monoisotopic (exact) mass is 452 g/mol. The summed E-state index contributed by atoms with van der Waals surface area (Å²) < 4.78 is 5.62. The van der Waals surface area contributed by atoms with Gasteiger partial charge in [-0.2, -0.15) is 0 Å². The van der Waals surface area contributed by atoms with Gasteiger partial charge in [0.15, 0.2) is 0 Å². The van der Waals surface area contributed by atoms with Gasteiger partial charge in [-0.05, 0) is 48.8 Å². The molecule has 3 rings (SSSR count). The molecule has 0 aliphatic carbocycles. The topological polar surface area (TPSA) is 61.8 Å². The molecule has 1 aliphatic heterocycles. The van der Waals surface area contributed by atoms with E-state index in [0.29, 0.717) is 13.0 Å². The largest absolute Gasteiger partial charge is 0.496 e. The van der Waals surface area contributed by atoms with Crippen LogP contribution in [0.5, 0.6) is 5.75 Å². The molecular weight excluding hydrogens is 412 g/mol. The van der Waals surface area contributed by atoms with E-state index in [0.717, 1.165) is 29.7 Å². The fourth-order valence-corrected chi connectivity index (χ4v) is 4.51. The standard InChI is InChI=1S/C28H40N2O3/c1-7-28(5,32)18-26(31)30-23(20-11-9-8-10-12-20)14-16-25(30)29-19-21-17-22(27(2,3)4)13-15-24(21)33-6/h8-13,15,17,23,25,29,32H,7,14,16,18-19H2,1-6H3. The minimum absolute atomic E-state index is 0.00617. The number of likely N-dealkylation sites (tertiary alicyclic amines) is 1. The summed E-state index contributed by atoms with van der Waals surface area (Å²) >= 11 is 0. The zero-order chi connectivity index (χ0) is 24.2. The van der Waals surface area contributed by atoms with Gasteiger partial charge in [0.05, 0.1) is 31.3 Å². The van der Waals surface area contributed by atoms with Crippen molar-refractivity contribution in [3.8, 4) is 5.75 Å². The van der Waals surface area contributed by atoms with Crippen LogP contribution in [0.2, 0.25) is 0 Å². The van der Waals surface area contributed by atoms with Gasteiger partial charge in [-0.3, -0.25) is 10.1 Å². The number of carbonyl (C=O) groups excluding carboxylic acids is 1. The van der Waals surface area contributed by atoms with Gasteiger partial charge in [-0.25, -0.2) is 0 Å². The van der Waals surface area contributed by atoms with Gasteiger partial charge in [0.2, 0.25) is 5.91 Å². The Morgan fingerprint density at radius 1 is 1.12 bits per heavy atom. The Labute approximate surface area is 199 Å². The van der Waals surface area contributed by atoms with E-state index in [-0.39, 0.29) is 30.0 Å². The molecule has 2 aromatic rings. The lowest BCUT2D eigenvalue weighted by Gasteiger charge is -2.34. The van der Waals surface area contributed by atoms with Crippen LogP contribution < -0.4 is 10.1 Å². The molecule has 0 saturated carbocycles. The number of carbonyl (C=O) groups is 1. The van der Waals surface area contributed by atoms with Gasteiger partial charge in [0.25, 0.3) is 0 Å². The van der Waals surface area contributed by atoms with Crippen LogP contribution in [0, 0.1) is 0 Å². The first-order valence-electron chi connectivity index (χ1n) is 12.0. The molecule has 5 heteroatoms. The highest BCUT2D eigenvalue weighted by molar-refractivity contribution is 5.78. The second kappa shape index (κ2) is 10.3. The summed E-state index contributed by atoms with van der Waals surface area (Å²) in [4.78, 5) is 15.4. The van der Waals surface area contributed by atoms with E-state index in [9.17, 15) is 9.90 Å². The highest BCUT2D eigenvalue weighted by Gasteiger charge is 2.39. The first kappa shape index (κ1) is 25.3. The Morgan fingerprint density at radius 2 is 1.82 bits per heavy atom. The van der Waals surface area contributed by atoms with Gasteiger partial charge >= 0.3 is 0 Å². The number of benzene rings is 2. The zero-order valence-corrected chi connectivity index (χ0v) is 21.0. The van der Waals surface area contributed by atoms with Crippen molar-refractivity contribution in [3.05, 3.63) is 65.2 Å². The second-order valence-electron chi connectivity index (χ2n) is 10.5. The van der Waals surface area contributed by atoms with Gasteiger partial charge < -0.3 is 14.7 Å². The molecule has 0 bridgehead atoms. The number of aliphatic hydroxyl groups is 1. The summed E-state index contributed by atoms with van der Waals surface area (Å²) in [5.74, 6) is 0.834. The molecule has 2 N–H and O–H groups in total. The summed E-state index contributed by atoms with van der Waals surface area (Å²) in [5.41, 5.74) is 2.51. The highest BCUT2D eigenvalue weighted by atomic mass is 16.5. The SMILES string of the molecule is CCC(C)(O)CC(=O)N1C(NCc2cc(C(C)(C)C)ccc2OC)CCC1c1ccccc1. The Balaban J connectivity index is 1.84. The Kier molecular flexibility index (Phi) is 7.86. The van der Waals surface area contributed by atoms with E-state index < -0.39 is 5.60 Å². The van der Waals surface area contributed by atoms with Gasteiger partial charge in [-0.15, -0.1) is 0 Å². The maximum absolute atomic E-state index is 13.4. The molecule has 1 fully saturated rings. The quantitative estimate of drug-likeness (QED) is 0.569. The fourth-order valence-electron chi connectivity index (χ4n) is 4.51. The number of nitrogens with zero attached hydrogens (tertiary/aromatic N) is 1. The summed E-state index contributed by atoms with van der Waals surface area (Å²) in [7, 11) is 1.69. The molecule has 33 heavy (non-hydrogen) atoms. The Morgan fingerprint density at radius 3 is 2.42 bits per heavy atom. The van der Waals surface area contributed by atoms with Crippen LogP contribution in [0.1, 0.15) is 83.0 Å². The lowest BCUT2D eigenvalue weighted by atomic mass is 9.86. The molecule has 5 nitrogen and oxygen atoms in total. The minimum atomic E-state index is -1.00. The minimum Gasteiger partial charge on any atom is -0.496 e. The number of amides is 1. The summed E-state index contributed by atoms with van der Waals surface area (Å²) in [6.45, 7) is 10.9. The molecule has 3 unspecified atom stereocenters. The van der Waals surface area contributed by atoms with E-state index in [1.54, 1.807) is 14.0 Å². The first-order valence-corrected chi connectivity index (χ1v) is 12.0. The Hall–Kier alpha value is -2.37. The zero-order valence-electron chi connectivity index (χ0n) is 21.0. The van der Waals surface area contributed by atoms with Crippen LogP contribution in [0.25, 0.3) is 0 Å². The van der Waals surface area contributed by atoms with Crippen LogP contribution in [0.15, 0.2) is 48.5 Å². The molecule has 0 aromatic heterocycles. The second-order valence-corrected chi connectivity index (χ2v) is 10.5. The Bertz CT molecular complexity index is 934. The molecule has 1 heterocycles. The van der Waals surface area contributed by atoms with Crippen molar-refractivity contribution in [2.75, 3.05) is 7.11 Å². The maximum atomic E-state index is 13.4. The average molecular weight is 453 g/mol. The third-order valence-corrected chi connectivity index (χ3v) is 6.83. The number of ether oxygens (including phenoxy) is 1. The van der Waals surface area contributed by atoms with Gasteiger partial charge in [0.1, 0.15) is 5.75 Å². The lowest BCUT2D eigenvalue weighted by Crippen LogP contribution is -2.47. The van der Waals surface area contributed by atoms with E-state index in [2.05, 4.69) is 50.4 Å². The molecule has 1 saturated heterocycles. The predicted molar refractivity (Wildman–Crippen MR) is 133 cm³/mol. The van der Waals surface area contributed by atoms with Crippen LogP contribution >= 0.6 is 0 Å². The summed E-state index contributed by atoms with van der Waals surface area (Å²) in [5, 5.41) is 14.2. The van der Waals surface area contributed by atoms with Crippen LogP contribution in [0.3, 0.4) is 0 Å². The molecule has 1 aliphatic rings. The summed E-state index contributed by atoms with van der Waals surface area (Å²) in [6, 6.07) is 16.6. The van der Waals surface area contributed by atoms with Crippen molar-refractivity contribution >= 4 is 5.91 Å². The summed E-state index contributed by atoms with van der Waals surface area (Å²) in [6.07, 6.45) is 2.31. The van der Waals surface area contributed by atoms with Gasteiger partial charge in [0, 0.05) is 12.1 Å². The molecular formula is C28H40N2O3. The molecule has 0 spiro atoms. The number of methoxy groups -OCH3 is 1. The van der Waals surface area contributed by atoms with E-state index in [1.807, 2.05) is 36.1 Å². The predicted octanol–water partition coefficient (Wildman–Crippen LogP) is 5.32. The number of nitrogens with one attached hydrogen (secondary N) is 1. The van der Waals surface area contributed by atoms with Crippen LogP contribution in [0.4, 0.5) is 0 Å². The fraction of sp³-hybridized carbons (Fsp3) is 0.536. The van der Waals surface area contributed by atoms with E-state index >= 15 is 0 Å². The number of hydrogen-bond donors (Lipinski definition) is 2. The van der Waals surface area contributed by atoms with Gasteiger partial charge in [-0.1, -0.05) is 70.2 Å². The molecule has 3 atom stereocenters. The molecule has 0 radical (unpaired) electrons. The van der Waals surface area contributed by atoms with Crippen molar-refractivity contribution in [1.29, 1.82) is 0 Å². The normalized spacial score (nSPS) is 20.5. The van der Waals surface area contributed by atoms with E-state index in [4.69, 9.17) is 4.74 Å². The van der Waals surface area contributed by atoms with Crippen LogP contribution in [-0.2, 0) is 16.8 Å². The number of hydrogen-bond acceptors (Lipinski definition) is 4. The lowest BCUT2D eigenvalue weighted by molar-refractivity contribution is -0.139. The molecule has 180 valence electrons.